The predicted molar refractivity (Wildman–Crippen MR) is 69.9 cm³/mol. The van der Waals surface area contributed by atoms with E-state index in [1.54, 1.807) is 7.11 Å². The summed E-state index contributed by atoms with van der Waals surface area (Å²) in [6.07, 6.45) is 2.88. The number of amides is 1. The molecule has 5 nitrogen and oxygen atoms in total. The summed E-state index contributed by atoms with van der Waals surface area (Å²) in [6, 6.07) is 0.260. The minimum atomic E-state index is 0.0724. The van der Waals surface area contributed by atoms with Crippen LogP contribution < -0.4 is 11.1 Å². The van der Waals surface area contributed by atoms with Gasteiger partial charge in [0.25, 0.3) is 0 Å². The molecule has 0 saturated carbocycles. The predicted octanol–water partition coefficient (Wildman–Crippen LogP) is 0.198. The zero-order chi connectivity index (χ0) is 13.1. The lowest BCUT2D eigenvalue weighted by Gasteiger charge is -2.26. The van der Waals surface area contributed by atoms with Crippen LogP contribution >= 0.6 is 0 Å². The molecule has 0 radical (unpaired) electrons. The van der Waals surface area contributed by atoms with Gasteiger partial charge in [0.1, 0.15) is 0 Å². The Morgan fingerprint density at radius 2 is 2.24 bits per heavy atom. The van der Waals surface area contributed by atoms with Crippen LogP contribution in [0.2, 0.25) is 0 Å². The van der Waals surface area contributed by atoms with E-state index in [0.29, 0.717) is 19.7 Å². The molecule has 1 unspecified atom stereocenters. The molecule has 3 N–H and O–H groups in total. The number of likely N-dealkylation sites (N-methyl/N-ethyl adjacent to an activating group) is 1. The van der Waals surface area contributed by atoms with Crippen molar-refractivity contribution < 1.29 is 9.53 Å². The maximum Gasteiger partial charge on any atom is 0.234 e. The van der Waals surface area contributed by atoms with Gasteiger partial charge in [0, 0.05) is 19.7 Å². The molecular formula is C12H27N3O2. The van der Waals surface area contributed by atoms with E-state index < -0.39 is 0 Å². The van der Waals surface area contributed by atoms with Gasteiger partial charge in [-0.05, 0) is 32.9 Å². The van der Waals surface area contributed by atoms with E-state index in [1.807, 2.05) is 18.9 Å². The molecule has 0 aromatic heterocycles. The van der Waals surface area contributed by atoms with Gasteiger partial charge in [-0.25, -0.2) is 0 Å². The largest absolute Gasteiger partial charge is 0.383 e. The van der Waals surface area contributed by atoms with Crippen molar-refractivity contribution in [2.45, 2.75) is 32.2 Å². The molecule has 0 spiro atoms. The van der Waals surface area contributed by atoms with Gasteiger partial charge in [0.15, 0.2) is 0 Å². The molecule has 0 aromatic rings. The molecular weight excluding hydrogens is 218 g/mol. The molecule has 0 aliphatic carbocycles. The molecule has 0 rings (SSSR count). The number of hydrogen-bond donors (Lipinski definition) is 2. The second-order valence-corrected chi connectivity index (χ2v) is 4.31. The fourth-order valence-electron chi connectivity index (χ4n) is 1.65. The highest BCUT2D eigenvalue weighted by molar-refractivity contribution is 5.77. The summed E-state index contributed by atoms with van der Waals surface area (Å²) in [7, 11) is 3.63. The quantitative estimate of drug-likeness (QED) is 0.577. The standard InChI is InChI=1S/C12H27N3O2/c1-4-8-14-12(16)9-15(2)11(10-17-3)6-5-7-13/h11H,4-10,13H2,1-3H3,(H,14,16). The van der Waals surface area contributed by atoms with Crippen LogP contribution in [0, 0.1) is 0 Å². The van der Waals surface area contributed by atoms with Crippen LogP contribution in [0.1, 0.15) is 26.2 Å². The summed E-state index contributed by atoms with van der Waals surface area (Å²) in [4.78, 5) is 13.6. The number of rotatable bonds is 10. The van der Waals surface area contributed by atoms with E-state index in [0.717, 1.165) is 25.8 Å². The highest BCUT2D eigenvalue weighted by atomic mass is 16.5. The number of ether oxygens (including phenoxy) is 1. The van der Waals surface area contributed by atoms with Crippen LogP contribution in [0.25, 0.3) is 0 Å². The molecule has 0 bridgehead atoms. The lowest BCUT2D eigenvalue weighted by Crippen LogP contribution is -2.42. The van der Waals surface area contributed by atoms with E-state index in [9.17, 15) is 4.79 Å². The Labute approximate surface area is 105 Å². The fraction of sp³-hybridized carbons (Fsp3) is 0.917. The lowest BCUT2D eigenvalue weighted by molar-refractivity contribution is -0.122. The first kappa shape index (κ1) is 16.4. The molecule has 17 heavy (non-hydrogen) atoms. The third kappa shape index (κ3) is 8.12. The Balaban J connectivity index is 4.01. The fourth-order valence-corrected chi connectivity index (χ4v) is 1.65. The van der Waals surface area contributed by atoms with Gasteiger partial charge in [-0.2, -0.15) is 0 Å². The smallest absolute Gasteiger partial charge is 0.234 e. The van der Waals surface area contributed by atoms with Crippen molar-refractivity contribution in [3.8, 4) is 0 Å². The molecule has 0 heterocycles. The van der Waals surface area contributed by atoms with E-state index in [4.69, 9.17) is 10.5 Å². The Hall–Kier alpha value is -0.650. The first-order valence-corrected chi connectivity index (χ1v) is 6.31. The van der Waals surface area contributed by atoms with Crippen molar-refractivity contribution in [2.75, 3.05) is 40.4 Å². The van der Waals surface area contributed by atoms with E-state index in [2.05, 4.69) is 5.32 Å². The normalized spacial score (nSPS) is 12.8. The van der Waals surface area contributed by atoms with Crippen LogP contribution in [-0.4, -0.2) is 57.2 Å². The highest BCUT2D eigenvalue weighted by Gasteiger charge is 2.16. The number of hydrogen-bond acceptors (Lipinski definition) is 4. The number of methoxy groups -OCH3 is 1. The summed E-state index contributed by atoms with van der Waals surface area (Å²) in [5.41, 5.74) is 5.50. The molecule has 0 aliphatic heterocycles. The van der Waals surface area contributed by atoms with E-state index in [-0.39, 0.29) is 11.9 Å². The second-order valence-electron chi connectivity index (χ2n) is 4.31. The van der Waals surface area contributed by atoms with Crippen molar-refractivity contribution >= 4 is 5.91 Å². The van der Waals surface area contributed by atoms with Crippen molar-refractivity contribution in [3.05, 3.63) is 0 Å². The highest BCUT2D eigenvalue weighted by Crippen LogP contribution is 2.05. The summed E-state index contributed by atoms with van der Waals surface area (Å²) in [5, 5.41) is 2.87. The first-order valence-electron chi connectivity index (χ1n) is 6.31. The van der Waals surface area contributed by atoms with Gasteiger partial charge in [-0.1, -0.05) is 6.92 Å². The summed E-state index contributed by atoms with van der Waals surface area (Å²) in [5.74, 6) is 0.0724. The summed E-state index contributed by atoms with van der Waals surface area (Å²) < 4.78 is 5.17. The SMILES string of the molecule is CCCNC(=O)CN(C)C(CCCN)COC. The number of nitrogens with two attached hydrogens (primary N) is 1. The Bertz CT molecular complexity index is 200. The third-order valence-electron chi connectivity index (χ3n) is 2.69. The number of nitrogens with one attached hydrogen (secondary N) is 1. The van der Waals surface area contributed by atoms with Gasteiger partial charge >= 0.3 is 0 Å². The molecule has 102 valence electrons. The second kappa shape index (κ2) is 10.5. The van der Waals surface area contributed by atoms with Gasteiger partial charge in [-0.3, -0.25) is 9.69 Å². The topological polar surface area (TPSA) is 67.6 Å². The maximum absolute atomic E-state index is 11.6. The minimum Gasteiger partial charge on any atom is -0.383 e. The Morgan fingerprint density at radius 3 is 2.76 bits per heavy atom. The number of carbonyl (C=O) groups excluding carboxylic acids is 1. The molecule has 0 aromatic carbocycles. The average molecular weight is 245 g/mol. The number of carbonyl (C=O) groups is 1. The number of nitrogens with zero attached hydrogens (tertiary/aromatic N) is 1. The molecule has 0 saturated heterocycles. The zero-order valence-electron chi connectivity index (χ0n) is 11.4. The molecule has 5 heteroatoms. The van der Waals surface area contributed by atoms with Gasteiger partial charge < -0.3 is 15.8 Å². The van der Waals surface area contributed by atoms with E-state index in [1.165, 1.54) is 0 Å². The molecule has 0 aliphatic rings. The van der Waals surface area contributed by atoms with Gasteiger partial charge in [-0.15, -0.1) is 0 Å². The van der Waals surface area contributed by atoms with Crippen molar-refractivity contribution in [2.24, 2.45) is 5.73 Å². The van der Waals surface area contributed by atoms with Crippen LogP contribution in [-0.2, 0) is 9.53 Å². The minimum absolute atomic E-state index is 0.0724. The first-order chi connectivity index (χ1) is 8.15. The van der Waals surface area contributed by atoms with Crippen molar-refractivity contribution in [1.82, 2.24) is 10.2 Å². The molecule has 0 fully saturated rings. The summed E-state index contributed by atoms with van der Waals surface area (Å²) >= 11 is 0. The zero-order valence-corrected chi connectivity index (χ0v) is 11.4. The van der Waals surface area contributed by atoms with Gasteiger partial charge in [0.2, 0.25) is 5.91 Å². The monoisotopic (exact) mass is 245 g/mol. The Kier molecular flexibility index (Phi) is 10.1. The van der Waals surface area contributed by atoms with Gasteiger partial charge in [0.05, 0.1) is 13.2 Å². The van der Waals surface area contributed by atoms with Crippen molar-refractivity contribution in [3.63, 3.8) is 0 Å². The van der Waals surface area contributed by atoms with Crippen LogP contribution in [0.4, 0.5) is 0 Å². The van der Waals surface area contributed by atoms with Crippen molar-refractivity contribution in [1.29, 1.82) is 0 Å². The lowest BCUT2D eigenvalue weighted by atomic mass is 10.1. The van der Waals surface area contributed by atoms with Crippen LogP contribution in [0.15, 0.2) is 0 Å². The van der Waals surface area contributed by atoms with Crippen LogP contribution in [0.5, 0.6) is 0 Å². The third-order valence-corrected chi connectivity index (χ3v) is 2.69. The Morgan fingerprint density at radius 1 is 1.53 bits per heavy atom. The average Bonchev–Trinajstić information content (AvgIpc) is 2.31. The van der Waals surface area contributed by atoms with Crippen LogP contribution in [0.3, 0.4) is 0 Å². The molecule has 1 atom stereocenters. The molecule has 1 amide bonds. The maximum atomic E-state index is 11.6. The van der Waals surface area contributed by atoms with E-state index >= 15 is 0 Å². The summed E-state index contributed by atoms with van der Waals surface area (Å²) in [6.45, 7) is 4.51.